The minimum Gasteiger partial charge on any atom is -0.493 e. The van der Waals surface area contributed by atoms with Crippen molar-refractivity contribution in [3.63, 3.8) is 0 Å². The van der Waals surface area contributed by atoms with Crippen molar-refractivity contribution in [1.29, 1.82) is 0 Å². The zero-order valence-electron chi connectivity index (χ0n) is 15.0. The molecule has 2 rings (SSSR count). The Morgan fingerprint density at radius 2 is 1.83 bits per heavy atom. The molecule has 0 bridgehead atoms. The third-order valence-electron chi connectivity index (χ3n) is 3.55. The SMILES string of the molecule is CCOCc1ccccc1NCc1ccc(OC(C)C)c(OC)c1. The maximum Gasteiger partial charge on any atom is 0.161 e. The number of anilines is 1. The van der Waals surface area contributed by atoms with Crippen molar-refractivity contribution in [2.75, 3.05) is 19.0 Å². The Morgan fingerprint density at radius 1 is 1.04 bits per heavy atom. The molecule has 0 saturated heterocycles. The fourth-order valence-corrected chi connectivity index (χ4v) is 2.40. The summed E-state index contributed by atoms with van der Waals surface area (Å²) in [5, 5.41) is 3.47. The molecule has 0 fully saturated rings. The molecule has 2 aromatic carbocycles. The Morgan fingerprint density at radius 3 is 2.54 bits per heavy atom. The van der Waals surface area contributed by atoms with E-state index in [2.05, 4.69) is 23.5 Å². The lowest BCUT2D eigenvalue weighted by molar-refractivity contribution is 0.134. The van der Waals surface area contributed by atoms with Gasteiger partial charge in [-0.3, -0.25) is 0 Å². The third kappa shape index (κ3) is 5.17. The van der Waals surface area contributed by atoms with E-state index < -0.39 is 0 Å². The van der Waals surface area contributed by atoms with E-state index in [1.165, 1.54) is 0 Å². The van der Waals surface area contributed by atoms with Gasteiger partial charge in [-0.05, 0) is 44.5 Å². The average Bonchev–Trinajstić information content (AvgIpc) is 2.59. The molecule has 0 unspecified atom stereocenters. The molecule has 4 heteroatoms. The number of hydrogen-bond acceptors (Lipinski definition) is 4. The first-order chi connectivity index (χ1) is 11.6. The first-order valence-corrected chi connectivity index (χ1v) is 8.37. The summed E-state index contributed by atoms with van der Waals surface area (Å²) in [6, 6.07) is 14.2. The average molecular weight is 329 g/mol. The Kier molecular flexibility index (Phi) is 6.94. The Labute approximate surface area is 144 Å². The van der Waals surface area contributed by atoms with Gasteiger partial charge in [0.05, 0.1) is 19.8 Å². The van der Waals surface area contributed by atoms with Gasteiger partial charge in [-0.2, -0.15) is 0 Å². The molecule has 24 heavy (non-hydrogen) atoms. The van der Waals surface area contributed by atoms with Crippen molar-refractivity contribution in [2.24, 2.45) is 0 Å². The van der Waals surface area contributed by atoms with E-state index in [1.54, 1.807) is 7.11 Å². The van der Waals surface area contributed by atoms with Crippen LogP contribution in [-0.2, 0) is 17.9 Å². The van der Waals surface area contributed by atoms with E-state index in [4.69, 9.17) is 14.2 Å². The molecule has 0 radical (unpaired) electrons. The van der Waals surface area contributed by atoms with Gasteiger partial charge < -0.3 is 19.5 Å². The Balaban J connectivity index is 2.07. The molecule has 130 valence electrons. The fourth-order valence-electron chi connectivity index (χ4n) is 2.40. The van der Waals surface area contributed by atoms with Crippen LogP contribution in [0.5, 0.6) is 11.5 Å². The third-order valence-corrected chi connectivity index (χ3v) is 3.55. The second-order valence-corrected chi connectivity index (χ2v) is 5.80. The molecule has 0 aliphatic rings. The second-order valence-electron chi connectivity index (χ2n) is 5.80. The molecular formula is C20H27NO3. The van der Waals surface area contributed by atoms with Crippen LogP contribution in [0.1, 0.15) is 31.9 Å². The smallest absolute Gasteiger partial charge is 0.161 e. The lowest BCUT2D eigenvalue weighted by Crippen LogP contribution is -2.08. The molecule has 0 aliphatic heterocycles. The number of nitrogens with one attached hydrogen (secondary N) is 1. The number of para-hydroxylation sites is 1. The summed E-state index contributed by atoms with van der Waals surface area (Å²) in [6.45, 7) is 8.05. The summed E-state index contributed by atoms with van der Waals surface area (Å²) >= 11 is 0. The number of methoxy groups -OCH3 is 1. The number of rotatable bonds is 9. The highest BCUT2D eigenvalue weighted by molar-refractivity contribution is 5.52. The van der Waals surface area contributed by atoms with Crippen LogP contribution >= 0.6 is 0 Å². The van der Waals surface area contributed by atoms with Gasteiger partial charge in [-0.1, -0.05) is 24.3 Å². The van der Waals surface area contributed by atoms with Gasteiger partial charge in [0.2, 0.25) is 0 Å². The van der Waals surface area contributed by atoms with E-state index in [-0.39, 0.29) is 6.10 Å². The molecule has 0 amide bonds. The minimum atomic E-state index is 0.119. The van der Waals surface area contributed by atoms with Crippen molar-refractivity contribution in [3.05, 3.63) is 53.6 Å². The van der Waals surface area contributed by atoms with E-state index in [0.717, 1.165) is 28.3 Å². The predicted octanol–water partition coefficient (Wildman–Crippen LogP) is 4.63. The van der Waals surface area contributed by atoms with Gasteiger partial charge in [0.1, 0.15) is 0 Å². The molecule has 0 spiro atoms. The molecule has 0 atom stereocenters. The maximum absolute atomic E-state index is 5.76. The molecule has 4 nitrogen and oxygen atoms in total. The monoisotopic (exact) mass is 329 g/mol. The van der Waals surface area contributed by atoms with Crippen molar-refractivity contribution >= 4 is 5.69 Å². The minimum absolute atomic E-state index is 0.119. The van der Waals surface area contributed by atoms with Crippen LogP contribution in [0.15, 0.2) is 42.5 Å². The number of benzene rings is 2. The van der Waals surface area contributed by atoms with Gasteiger partial charge in [0.25, 0.3) is 0 Å². The van der Waals surface area contributed by atoms with E-state index in [9.17, 15) is 0 Å². The summed E-state index contributed by atoms with van der Waals surface area (Å²) in [6.07, 6.45) is 0.119. The summed E-state index contributed by atoms with van der Waals surface area (Å²) < 4.78 is 16.7. The predicted molar refractivity (Wildman–Crippen MR) is 97.9 cm³/mol. The fraction of sp³-hybridized carbons (Fsp3) is 0.400. The standard InChI is InChI=1S/C20H27NO3/c1-5-23-14-17-8-6-7-9-18(17)21-13-16-10-11-19(24-15(2)3)20(12-16)22-4/h6-12,15,21H,5,13-14H2,1-4H3. The molecule has 0 saturated carbocycles. The molecule has 1 N–H and O–H groups in total. The van der Waals surface area contributed by atoms with Crippen molar-refractivity contribution in [1.82, 2.24) is 0 Å². The molecule has 2 aromatic rings. The summed E-state index contributed by atoms with van der Waals surface area (Å²) in [5.74, 6) is 1.53. The van der Waals surface area contributed by atoms with Crippen molar-refractivity contribution < 1.29 is 14.2 Å². The van der Waals surface area contributed by atoms with Gasteiger partial charge in [0, 0.05) is 24.4 Å². The van der Waals surface area contributed by atoms with Crippen LogP contribution in [0.3, 0.4) is 0 Å². The zero-order chi connectivity index (χ0) is 17.4. The van der Waals surface area contributed by atoms with E-state index in [1.807, 2.05) is 45.0 Å². The first kappa shape index (κ1) is 18.1. The van der Waals surface area contributed by atoms with E-state index in [0.29, 0.717) is 19.8 Å². The highest BCUT2D eigenvalue weighted by atomic mass is 16.5. The highest BCUT2D eigenvalue weighted by Gasteiger charge is 2.08. The number of ether oxygens (including phenoxy) is 3. The Hall–Kier alpha value is -2.20. The lowest BCUT2D eigenvalue weighted by Gasteiger charge is -2.16. The first-order valence-electron chi connectivity index (χ1n) is 8.37. The molecule has 0 aromatic heterocycles. The van der Waals surface area contributed by atoms with E-state index >= 15 is 0 Å². The zero-order valence-corrected chi connectivity index (χ0v) is 15.0. The van der Waals surface area contributed by atoms with Gasteiger partial charge in [0.15, 0.2) is 11.5 Å². The lowest BCUT2D eigenvalue weighted by atomic mass is 10.1. The van der Waals surface area contributed by atoms with Gasteiger partial charge in [-0.25, -0.2) is 0 Å². The summed E-state index contributed by atoms with van der Waals surface area (Å²) in [5.41, 5.74) is 3.38. The Bertz CT molecular complexity index is 641. The van der Waals surface area contributed by atoms with Crippen molar-refractivity contribution in [3.8, 4) is 11.5 Å². The van der Waals surface area contributed by atoms with Crippen LogP contribution in [0.4, 0.5) is 5.69 Å². The van der Waals surface area contributed by atoms with Crippen LogP contribution in [0.2, 0.25) is 0 Å². The van der Waals surface area contributed by atoms with Crippen LogP contribution < -0.4 is 14.8 Å². The maximum atomic E-state index is 5.76. The van der Waals surface area contributed by atoms with Gasteiger partial charge in [-0.15, -0.1) is 0 Å². The van der Waals surface area contributed by atoms with Crippen LogP contribution in [0, 0.1) is 0 Å². The van der Waals surface area contributed by atoms with Gasteiger partial charge >= 0.3 is 0 Å². The second kappa shape index (κ2) is 9.18. The van der Waals surface area contributed by atoms with Crippen LogP contribution in [0.25, 0.3) is 0 Å². The number of hydrogen-bond donors (Lipinski definition) is 1. The highest BCUT2D eigenvalue weighted by Crippen LogP contribution is 2.29. The largest absolute Gasteiger partial charge is 0.493 e. The molecule has 0 aliphatic carbocycles. The molecule has 0 heterocycles. The molecular weight excluding hydrogens is 302 g/mol. The van der Waals surface area contributed by atoms with Crippen LogP contribution in [-0.4, -0.2) is 19.8 Å². The quantitative estimate of drug-likeness (QED) is 0.728. The summed E-state index contributed by atoms with van der Waals surface area (Å²) in [7, 11) is 1.66. The topological polar surface area (TPSA) is 39.7 Å². The normalized spacial score (nSPS) is 10.7. The summed E-state index contributed by atoms with van der Waals surface area (Å²) in [4.78, 5) is 0. The van der Waals surface area contributed by atoms with Crippen molar-refractivity contribution in [2.45, 2.75) is 40.0 Å².